The van der Waals surface area contributed by atoms with Crippen molar-refractivity contribution in [2.45, 2.75) is 6.92 Å². The third-order valence-corrected chi connectivity index (χ3v) is 11.0. The Morgan fingerprint density at radius 3 is 1.65 bits per heavy atom. The molecule has 0 unspecified atom stereocenters. The lowest BCUT2D eigenvalue weighted by Gasteiger charge is -2.13. The lowest BCUT2D eigenvalue weighted by molar-refractivity contribution is 1.15. The summed E-state index contributed by atoms with van der Waals surface area (Å²) in [5.41, 5.74) is 11.1. The first kappa shape index (κ1) is 25.7. The van der Waals surface area contributed by atoms with Crippen molar-refractivity contribution in [2.75, 3.05) is 0 Å². The SMILES string of the molecule is Cc1cc(-n2c3ccccc3c3ccc4c5ccccc5n(-c5ccccc5)c4c32)cc2c1sc1c(-c3ccccc3)cccc12. The van der Waals surface area contributed by atoms with Gasteiger partial charge in [-0.3, -0.25) is 0 Å². The van der Waals surface area contributed by atoms with Crippen molar-refractivity contribution in [1.82, 2.24) is 9.13 Å². The van der Waals surface area contributed by atoms with Gasteiger partial charge in [0.25, 0.3) is 0 Å². The highest BCUT2D eigenvalue weighted by Gasteiger charge is 2.22. The number of para-hydroxylation sites is 3. The Hall–Kier alpha value is -5.64. The quantitative estimate of drug-likeness (QED) is 0.190. The molecule has 0 aliphatic rings. The van der Waals surface area contributed by atoms with Crippen LogP contribution in [0, 0.1) is 6.92 Å². The molecule has 0 aliphatic heterocycles. The summed E-state index contributed by atoms with van der Waals surface area (Å²) in [6.45, 7) is 2.27. The van der Waals surface area contributed by atoms with Crippen LogP contribution in [0.2, 0.25) is 0 Å². The maximum atomic E-state index is 2.52. The monoisotopic (exact) mass is 604 g/mol. The van der Waals surface area contributed by atoms with E-state index in [0.717, 1.165) is 0 Å². The van der Waals surface area contributed by atoms with Gasteiger partial charge in [0.1, 0.15) is 0 Å². The molecule has 3 aromatic heterocycles. The molecule has 2 nitrogen and oxygen atoms in total. The van der Waals surface area contributed by atoms with Gasteiger partial charge in [0.05, 0.1) is 22.1 Å². The molecule has 0 saturated carbocycles. The number of hydrogen-bond acceptors (Lipinski definition) is 1. The highest BCUT2D eigenvalue weighted by molar-refractivity contribution is 7.26. The van der Waals surface area contributed by atoms with Crippen molar-refractivity contribution < 1.29 is 0 Å². The fourth-order valence-electron chi connectivity index (χ4n) is 7.64. The van der Waals surface area contributed by atoms with E-state index >= 15 is 0 Å². The van der Waals surface area contributed by atoms with Crippen LogP contribution in [0.5, 0.6) is 0 Å². The van der Waals surface area contributed by atoms with E-state index in [0.29, 0.717) is 0 Å². The first-order valence-electron chi connectivity index (χ1n) is 15.8. The topological polar surface area (TPSA) is 9.86 Å². The number of rotatable bonds is 3. The Morgan fingerprint density at radius 2 is 0.978 bits per heavy atom. The summed E-state index contributed by atoms with van der Waals surface area (Å²) in [6, 6.07) is 55.5. The second-order valence-electron chi connectivity index (χ2n) is 12.2. The van der Waals surface area contributed by atoms with E-state index in [1.807, 2.05) is 11.3 Å². The first-order valence-corrected chi connectivity index (χ1v) is 16.6. The summed E-state index contributed by atoms with van der Waals surface area (Å²) in [5.74, 6) is 0. The molecule has 0 saturated heterocycles. The molecule has 0 aliphatic carbocycles. The molecule has 0 atom stereocenters. The van der Waals surface area contributed by atoms with Crippen LogP contribution in [0.25, 0.3) is 86.3 Å². The number of benzene rings is 7. The van der Waals surface area contributed by atoms with Crippen LogP contribution in [-0.2, 0) is 0 Å². The van der Waals surface area contributed by atoms with Gasteiger partial charge in [-0.05, 0) is 60.0 Å². The summed E-state index contributed by atoms with van der Waals surface area (Å²) < 4.78 is 7.67. The number of fused-ring (bicyclic) bond motifs is 10. The molecule has 0 radical (unpaired) electrons. The summed E-state index contributed by atoms with van der Waals surface area (Å²) >= 11 is 1.91. The Kier molecular flexibility index (Phi) is 5.40. The van der Waals surface area contributed by atoms with Crippen molar-refractivity contribution in [3.63, 3.8) is 0 Å². The zero-order valence-corrected chi connectivity index (χ0v) is 26.1. The van der Waals surface area contributed by atoms with Crippen LogP contribution in [0.4, 0.5) is 0 Å². The lowest BCUT2D eigenvalue weighted by Crippen LogP contribution is -1.99. The second kappa shape index (κ2) is 9.68. The molecule has 0 amide bonds. The maximum absolute atomic E-state index is 2.52. The molecule has 0 N–H and O–H groups in total. The van der Waals surface area contributed by atoms with Gasteiger partial charge >= 0.3 is 0 Å². The Morgan fingerprint density at radius 1 is 0.413 bits per heavy atom. The molecule has 7 aromatic carbocycles. The summed E-state index contributed by atoms with van der Waals surface area (Å²) in [6.07, 6.45) is 0. The molecule has 0 spiro atoms. The number of hydrogen-bond donors (Lipinski definition) is 0. The van der Waals surface area contributed by atoms with Gasteiger partial charge in [0, 0.05) is 53.1 Å². The average Bonchev–Trinajstić information content (AvgIpc) is 3.77. The van der Waals surface area contributed by atoms with Crippen molar-refractivity contribution in [1.29, 1.82) is 0 Å². The van der Waals surface area contributed by atoms with Gasteiger partial charge in [-0.1, -0.05) is 115 Å². The van der Waals surface area contributed by atoms with E-state index < -0.39 is 0 Å². The molecular formula is C43H28N2S. The standard InChI is InChI=1S/C43H28N2S/c1-27-25-30(26-37-36-20-12-19-31(43(36)46-42(27)37)28-13-4-2-5-14-28)45-39-22-11-9-18-33(39)35-24-23-34-32-17-8-10-21-38(32)44(40(34)41(35)45)29-15-6-3-7-16-29/h2-26H,1H3. The average molecular weight is 605 g/mol. The van der Waals surface area contributed by atoms with E-state index in [9.17, 15) is 0 Å². The normalized spacial score (nSPS) is 12.0. The fraction of sp³-hybridized carbons (Fsp3) is 0.0233. The molecule has 0 fully saturated rings. The second-order valence-corrected chi connectivity index (χ2v) is 13.2. The van der Waals surface area contributed by atoms with Crippen molar-refractivity contribution >= 4 is 75.1 Å². The Bertz CT molecular complexity index is 2800. The minimum Gasteiger partial charge on any atom is -0.307 e. The smallest absolute Gasteiger partial charge is 0.0788 e. The molecule has 216 valence electrons. The largest absolute Gasteiger partial charge is 0.307 e. The Balaban J connectivity index is 1.36. The fourth-order valence-corrected chi connectivity index (χ4v) is 8.93. The number of nitrogens with zero attached hydrogens (tertiary/aromatic N) is 2. The zero-order valence-electron chi connectivity index (χ0n) is 25.2. The van der Waals surface area contributed by atoms with Crippen LogP contribution in [0.3, 0.4) is 0 Å². The third kappa shape index (κ3) is 3.52. The molecule has 10 rings (SSSR count). The van der Waals surface area contributed by atoms with Crippen molar-refractivity contribution in [3.8, 4) is 22.5 Å². The minimum absolute atomic E-state index is 1.17. The van der Waals surface area contributed by atoms with Crippen LogP contribution in [0.1, 0.15) is 5.56 Å². The van der Waals surface area contributed by atoms with Gasteiger partial charge in [-0.25, -0.2) is 0 Å². The van der Waals surface area contributed by atoms with Crippen molar-refractivity contribution in [2.24, 2.45) is 0 Å². The van der Waals surface area contributed by atoms with Crippen LogP contribution in [0.15, 0.2) is 152 Å². The maximum Gasteiger partial charge on any atom is 0.0788 e. The first-order chi connectivity index (χ1) is 22.8. The summed E-state index contributed by atoms with van der Waals surface area (Å²) in [7, 11) is 0. The Labute approximate surface area is 270 Å². The van der Waals surface area contributed by atoms with Crippen LogP contribution in [-0.4, -0.2) is 9.13 Å². The molecule has 10 aromatic rings. The van der Waals surface area contributed by atoms with Crippen LogP contribution >= 0.6 is 11.3 Å². The predicted octanol–water partition coefficient (Wildman–Crippen LogP) is 12.2. The predicted molar refractivity (Wildman–Crippen MR) is 198 cm³/mol. The van der Waals surface area contributed by atoms with E-state index in [-0.39, 0.29) is 0 Å². The van der Waals surface area contributed by atoms with E-state index in [4.69, 9.17) is 0 Å². The van der Waals surface area contributed by atoms with Gasteiger partial charge in [-0.15, -0.1) is 11.3 Å². The van der Waals surface area contributed by atoms with E-state index in [1.165, 1.54) is 91.8 Å². The molecule has 0 bridgehead atoms. The highest BCUT2D eigenvalue weighted by Crippen LogP contribution is 2.45. The summed E-state index contributed by atoms with van der Waals surface area (Å²) in [5, 5.41) is 7.70. The number of aryl methyl sites for hydroxylation is 1. The molecular weight excluding hydrogens is 577 g/mol. The molecule has 3 heteroatoms. The highest BCUT2D eigenvalue weighted by atomic mass is 32.1. The van der Waals surface area contributed by atoms with Crippen LogP contribution < -0.4 is 0 Å². The number of thiophene rings is 1. The van der Waals surface area contributed by atoms with E-state index in [1.54, 1.807) is 0 Å². The van der Waals surface area contributed by atoms with Gasteiger partial charge in [-0.2, -0.15) is 0 Å². The van der Waals surface area contributed by atoms with Gasteiger partial charge in [0.15, 0.2) is 0 Å². The third-order valence-electron chi connectivity index (χ3n) is 9.59. The van der Waals surface area contributed by atoms with Crippen molar-refractivity contribution in [3.05, 3.63) is 157 Å². The molecule has 46 heavy (non-hydrogen) atoms. The lowest BCUT2D eigenvalue weighted by atomic mass is 10.0. The minimum atomic E-state index is 1.17. The molecule has 3 heterocycles. The van der Waals surface area contributed by atoms with E-state index in [2.05, 4.69) is 168 Å². The zero-order chi connectivity index (χ0) is 30.4. The summed E-state index contributed by atoms with van der Waals surface area (Å²) in [4.78, 5) is 0. The van der Waals surface area contributed by atoms with Gasteiger partial charge in [0.2, 0.25) is 0 Å². The number of aromatic nitrogens is 2. The van der Waals surface area contributed by atoms with Gasteiger partial charge < -0.3 is 9.13 Å².